The first-order valence-electron chi connectivity index (χ1n) is 12.8. The fourth-order valence-corrected chi connectivity index (χ4v) is 5.36. The average Bonchev–Trinajstić information content (AvgIpc) is 3.27. The lowest BCUT2D eigenvalue weighted by Gasteiger charge is -2.32. The van der Waals surface area contributed by atoms with Gasteiger partial charge in [-0.15, -0.1) is 0 Å². The van der Waals surface area contributed by atoms with Crippen LogP contribution in [0.15, 0.2) is 18.3 Å². The number of hydrogen-bond acceptors (Lipinski definition) is 8. The van der Waals surface area contributed by atoms with E-state index in [0.717, 1.165) is 12.8 Å². The van der Waals surface area contributed by atoms with Crippen LogP contribution in [0.25, 0.3) is 11.2 Å². The van der Waals surface area contributed by atoms with Gasteiger partial charge in [0.1, 0.15) is 17.0 Å². The lowest BCUT2D eigenvalue weighted by atomic mass is 9.85. The van der Waals surface area contributed by atoms with Crippen LogP contribution in [0.2, 0.25) is 0 Å². The highest BCUT2D eigenvalue weighted by molar-refractivity contribution is 5.78. The summed E-state index contributed by atoms with van der Waals surface area (Å²) in [5.74, 6) is -3.46. The molecule has 1 atom stereocenters. The van der Waals surface area contributed by atoms with Gasteiger partial charge in [-0.1, -0.05) is 0 Å². The minimum atomic E-state index is -1.11. The SMILES string of the molecule is COC(=O)N1CCC[C@@H](Nc2ncc3nc(Nc4c(F)cc(F)cc4F)n([C@H]4CC[C@H](C(N)=O)CC4)c3n2)C1. The number of methoxy groups -OCH3 is 1. The standard InChI is InChI=1S/C25H29F3N8O3/c1-39-25(38)35-8-2-3-15(12-35)31-23-30-11-19-22(34-23)36(16-6-4-13(5-7-16)21(29)37)24(32-19)33-20-17(27)9-14(26)10-18(20)28/h9-11,13,15-16H,2-8,12H2,1H3,(H2,29,37)(H,32,33)(H,30,31,34)/t13-,15-,16-/m1/s1. The first-order valence-corrected chi connectivity index (χ1v) is 12.8. The Morgan fingerprint density at radius 2 is 1.79 bits per heavy atom. The molecule has 3 aromatic rings. The van der Waals surface area contributed by atoms with Crippen molar-refractivity contribution in [2.45, 2.75) is 50.6 Å². The molecule has 208 valence electrons. The van der Waals surface area contributed by atoms with Gasteiger partial charge in [0.05, 0.1) is 13.3 Å². The predicted octanol–water partition coefficient (Wildman–Crippen LogP) is 3.85. The number of anilines is 3. The van der Waals surface area contributed by atoms with Crippen LogP contribution >= 0.6 is 0 Å². The molecule has 39 heavy (non-hydrogen) atoms. The van der Waals surface area contributed by atoms with Crippen molar-refractivity contribution in [2.75, 3.05) is 30.8 Å². The molecule has 14 heteroatoms. The summed E-state index contributed by atoms with van der Waals surface area (Å²) in [6, 6.07) is 0.852. The summed E-state index contributed by atoms with van der Waals surface area (Å²) in [6.07, 6.45) is 4.87. The molecule has 0 radical (unpaired) electrons. The van der Waals surface area contributed by atoms with E-state index in [0.29, 0.717) is 68.0 Å². The van der Waals surface area contributed by atoms with E-state index in [4.69, 9.17) is 10.5 Å². The van der Waals surface area contributed by atoms with Gasteiger partial charge in [-0.25, -0.2) is 27.9 Å². The molecular formula is C25H29F3N8O3. The quantitative estimate of drug-likeness (QED) is 0.424. The number of fused-ring (bicyclic) bond motifs is 1. The van der Waals surface area contributed by atoms with Crippen molar-refractivity contribution < 1.29 is 27.5 Å². The van der Waals surface area contributed by atoms with E-state index >= 15 is 0 Å². The maximum atomic E-state index is 14.5. The van der Waals surface area contributed by atoms with Crippen LogP contribution in [0.5, 0.6) is 0 Å². The lowest BCUT2D eigenvalue weighted by Crippen LogP contribution is -2.45. The molecule has 3 heterocycles. The number of amides is 2. The van der Waals surface area contributed by atoms with Gasteiger partial charge in [0.25, 0.3) is 0 Å². The summed E-state index contributed by atoms with van der Waals surface area (Å²) < 4.78 is 49.1. The van der Waals surface area contributed by atoms with Crippen LogP contribution in [0.4, 0.5) is 35.5 Å². The Kier molecular flexibility index (Phi) is 7.44. The average molecular weight is 547 g/mol. The summed E-state index contributed by atoms with van der Waals surface area (Å²) in [6.45, 7) is 1.01. The van der Waals surface area contributed by atoms with Gasteiger partial charge in [-0.05, 0) is 38.5 Å². The number of carbonyl (C=O) groups excluding carboxylic acids is 2. The van der Waals surface area contributed by atoms with Gasteiger partial charge in [-0.2, -0.15) is 4.98 Å². The Hall–Kier alpha value is -4.10. The molecule has 0 bridgehead atoms. The Balaban J connectivity index is 1.48. The minimum Gasteiger partial charge on any atom is -0.453 e. The number of rotatable bonds is 6. The summed E-state index contributed by atoms with van der Waals surface area (Å²) in [7, 11) is 1.34. The van der Waals surface area contributed by atoms with E-state index in [2.05, 4.69) is 25.6 Å². The third-order valence-corrected chi connectivity index (χ3v) is 7.33. The zero-order valence-corrected chi connectivity index (χ0v) is 21.3. The van der Waals surface area contributed by atoms with E-state index < -0.39 is 29.2 Å². The molecule has 1 saturated heterocycles. The number of nitrogens with one attached hydrogen (secondary N) is 2. The monoisotopic (exact) mass is 546 g/mol. The number of likely N-dealkylation sites (tertiary alicyclic amines) is 1. The van der Waals surface area contributed by atoms with Crippen LogP contribution < -0.4 is 16.4 Å². The van der Waals surface area contributed by atoms with Gasteiger partial charge in [0.15, 0.2) is 17.3 Å². The third-order valence-electron chi connectivity index (χ3n) is 7.33. The van der Waals surface area contributed by atoms with Gasteiger partial charge in [-0.3, -0.25) is 9.36 Å². The second kappa shape index (κ2) is 10.9. The van der Waals surface area contributed by atoms with Crippen LogP contribution in [-0.2, 0) is 9.53 Å². The second-order valence-electron chi connectivity index (χ2n) is 9.88. The highest BCUT2D eigenvalue weighted by atomic mass is 19.1. The molecule has 0 spiro atoms. The van der Waals surface area contributed by atoms with Gasteiger partial charge >= 0.3 is 6.09 Å². The van der Waals surface area contributed by atoms with Gasteiger partial charge in [0.2, 0.25) is 17.8 Å². The number of aromatic nitrogens is 4. The summed E-state index contributed by atoms with van der Waals surface area (Å²) in [5.41, 5.74) is 5.75. The molecule has 5 rings (SSSR count). The summed E-state index contributed by atoms with van der Waals surface area (Å²) >= 11 is 0. The van der Waals surface area contributed by atoms with Crippen LogP contribution in [0, 0.1) is 23.4 Å². The lowest BCUT2D eigenvalue weighted by molar-refractivity contribution is -0.122. The number of primary amides is 1. The number of hydrogen-bond donors (Lipinski definition) is 3. The van der Waals surface area contributed by atoms with E-state index in [-0.39, 0.29) is 29.9 Å². The highest BCUT2D eigenvalue weighted by Gasteiger charge is 2.30. The Morgan fingerprint density at radius 3 is 2.46 bits per heavy atom. The molecule has 11 nitrogen and oxygen atoms in total. The number of benzene rings is 1. The normalized spacial score (nSPS) is 21.5. The smallest absolute Gasteiger partial charge is 0.409 e. The maximum Gasteiger partial charge on any atom is 0.409 e. The zero-order chi connectivity index (χ0) is 27.7. The fourth-order valence-electron chi connectivity index (χ4n) is 5.36. The molecule has 1 saturated carbocycles. The predicted molar refractivity (Wildman–Crippen MR) is 136 cm³/mol. The molecule has 1 aromatic carbocycles. The van der Waals surface area contributed by atoms with E-state index in [9.17, 15) is 22.8 Å². The molecule has 4 N–H and O–H groups in total. The van der Waals surface area contributed by atoms with Crippen molar-refractivity contribution in [1.29, 1.82) is 0 Å². The second-order valence-corrected chi connectivity index (χ2v) is 9.88. The van der Waals surface area contributed by atoms with Crippen molar-refractivity contribution >= 4 is 40.7 Å². The van der Waals surface area contributed by atoms with Gasteiger partial charge in [0, 0.05) is 43.2 Å². The molecule has 2 aliphatic rings. The van der Waals surface area contributed by atoms with E-state index in [1.54, 1.807) is 9.47 Å². The molecule has 2 fully saturated rings. The van der Waals surface area contributed by atoms with Crippen molar-refractivity contribution in [2.24, 2.45) is 11.7 Å². The highest BCUT2D eigenvalue weighted by Crippen LogP contribution is 2.37. The number of halogens is 3. The Morgan fingerprint density at radius 1 is 1.08 bits per heavy atom. The zero-order valence-electron chi connectivity index (χ0n) is 21.3. The van der Waals surface area contributed by atoms with Crippen LogP contribution in [0.3, 0.4) is 0 Å². The number of nitrogens with two attached hydrogens (primary N) is 1. The van der Waals surface area contributed by atoms with E-state index in [1.165, 1.54) is 13.3 Å². The topological polar surface area (TPSA) is 140 Å². The number of nitrogens with zero attached hydrogens (tertiary/aromatic N) is 5. The first-order chi connectivity index (χ1) is 18.7. The van der Waals surface area contributed by atoms with Crippen molar-refractivity contribution in [3.05, 3.63) is 35.8 Å². The number of imidazole rings is 1. The van der Waals surface area contributed by atoms with Crippen LogP contribution in [-0.4, -0.2) is 62.7 Å². The largest absolute Gasteiger partial charge is 0.453 e. The van der Waals surface area contributed by atoms with Crippen molar-refractivity contribution in [3.63, 3.8) is 0 Å². The number of ether oxygens (including phenoxy) is 1. The molecule has 1 aliphatic carbocycles. The van der Waals surface area contributed by atoms with E-state index in [1.807, 2.05) is 0 Å². The maximum absolute atomic E-state index is 14.5. The van der Waals surface area contributed by atoms with Crippen LogP contribution in [0.1, 0.15) is 44.6 Å². The molecular weight excluding hydrogens is 517 g/mol. The Labute approximate surface area is 221 Å². The number of carbonyl (C=O) groups is 2. The van der Waals surface area contributed by atoms with Gasteiger partial charge < -0.3 is 26.0 Å². The third kappa shape index (κ3) is 5.54. The molecule has 2 amide bonds. The van der Waals surface area contributed by atoms with Crippen molar-refractivity contribution in [1.82, 2.24) is 24.4 Å². The molecule has 0 unspecified atom stereocenters. The number of piperidine rings is 1. The molecule has 1 aliphatic heterocycles. The minimum absolute atomic E-state index is 0.109. The van der Waals surface area contributed by atoms with Crippen molar-refractivity contribution in [3.8, 4) is 0 Å². The summed E-state index contributed by atoms with van der Waals surface area (Å²) in [5, 5.41) is 5.94. The fraction of sp³-hybridized carbons (Fsp3) is 0.480. The molecule has 2 aromatic heterocycles. The summed E-state index contributed by atoms with van der Waals surface area (Å²) in [4.78, 5) is 38.8. The Bertz CT molecular complexity index is 1370. The first kappa shape index (κ1) is 26.5.